The topological polar surface area (TPSA) is 9.23 Å². The molecule has 0 heterocycles. The van der Waals surface area contributed by atoms with Crippen molar-refractivity contribution in [3.63, 3.8) is 0 Å². The molecule has 0 spiro atoms. The Kier molecular flexibility index (Phi) is 5.84. The summed E-state index contributed by atoms with van der Waals surface area (Å²) < 4.78 is 7.21. The zero-order valence-corrected chi connectivity index (χ0v) is 19.4. The molecule has 2 unspecified atom stereocenters. The molecule has 1 nitrogen and oxygen atoms in total. The van der Waals surface area contributed by atoms with Gasteiger partial charge in [0.1, 0.15) is 12.2 Å². The molecule has 0 fully saturated rings. The van der Waals surface area contributed by atoms with Crippen LogP contribution >= 0.6 is 0 Å². The van der Waals surface area contributed by atoms with E-state index >= 15 is 0 Å². The molecule has 0 aromatic heterocycles. The van der Waals surface area contributed by atoms with Crippen LogP contribution in [0.1, 0.15) is 34.5 Å². The van der Waals surface area contributed by atoms with E-state index in [9.17, 15) is 0 Å². The molecule has 6 aromatic carbocycles. The molecule has 0 amide bonds. The Hall–Kier alpha value is -4.20. The van der Waals surface area contributed by atoms with Crippen LogP contribution in [0, 0.1) is 0 Å². The fourth-order valence-electron chi connectivity index (χ4n) is 5.01. The Morgan fingerprint density at radius 2 is 0.714 bits per heavy atom. The van der Waals surface area contributed by atoms with Gasteiger partial charge in [-0.1, -0.05) is 146 Å². The van der Waals surface area contributed by atoms with Gasteiger partial charge in [-0.2, -0.15) is 0 Å². The van der Waals surface area contributed by atoms with E-state index < -0.39 is 0 Å². The smallest absolute Gasteiger partial charge is 0.109 e. The average molecular weight is 451 g/mol. The molecular weight excluding hydrogens is 424 g/mol. The van der Waals surface area contributed by atoms with Gasteiger partial charge in [0.05, 0.1) is 0 Å². The van der Waals surface area contributed by atoms with Gasteiger partial charge in [-0.3, -0.25) is 0 Å². The van der Waals surface area contributed by atoms with E-state index in [0.717, 1.165) is 11.1 Å². The standard InChI is InChI=1S/C34H26O/c1-3-15-27(16-4-1)33(31-23-11-19-25-13-7-9-21-29(25)31)35-34(28-17-5-2-6-18-28)32-24-12-20-26-14-8-10-22-30(26)32/h1-24,33-34H. The van der Waals surface area contributed by atoms with Gasteiger partial charge in [0, 0.05) is 0 Å². The highest BCUT2D eigenvalue weighted by molar-refractivity contribution is 5.87. The van der Waals surface area contributed by atoms with Crippen LogP contribution in [-0.4, -0.2) is 0 Å². The third kappa shape index (κ3) is 4.23. The summed E-state index contributed by atoms with van der Waals surface area (Å²) in [7, 11) is 0. The van der Waals surface area contributed by atoms with Crippen LogP contribution in [0.15, 0.2) is 146 Å². The van der Waals surface area contributed by atoms with Crippen LogP contribution in [0.3, 0.4) is 0 Å². The van der Waals surface area contributed by atoms with Crippen molar-refractivity contribution in [2.75, 3.05) is 0 Å². The van der Waals surface area contributed by atoms with Crippen molar-refractivity contribution in [1.29, 1.82) is 0 Å². The number of hydrogen-bond donors (Lipinski definition) is 0. The second-order valence-corrected chi connectivity index (χ2v) is 8.85. The molecule has 2 atom stereocenters. The van der Waals surface area contributed by atoms with Crippen molar-refractivity contribution in [3.05, 3.63) is 168 Å². The van der Waals surface area contributed by atoms with Crippen molar-refractivity contribution >= 4 is 21.5 Å². The summed E-state index contributed by atoms with van der Waals surface area (Å²) in [5.41, 5.74) is 4.64. The van der Waals surface area contributed by atoms with Gasteiger partial charge in [-0.05, 0) is 43.8 Å². The van der Waals surface area contributed by atoms with Crippen molar-refractivity contribution in [2.45, 2.75) is 12.2 Å². The summed E-state index contributed by atoms with van der Waals surface area (Å²) >= 11 is 0. The number of hydrogen-bond acceptors (Lipinski definition) is 1. The van der Waals surface area contributed by atoms with Crippen molar-refractivity contribution in [1.82, 2.24) is 0 Å². The fourth-order valence-corrected chi connectivity index (χ4v) is 5.01. The van der Waals surface area contributed by atoms with E-state index in [1.54, 1.807) is 0 Å². The Labute approximate surface area is 206 Å². The molecule has 6 aromatic rings. The summed E-state index contributed by atoms with van der Waals surface area (Å²) in [4.78, 5) is 0. The lowest BCUT2D eigenvalue weighted by molar-refractivity contribution is 0.0324. The van der Waals surface area contributed by atoms with Crippen LogP contribution in [-0.2, 0) is 4.74 Å². The number of fused-ring (bicyclic) bond motifs is 2. The lowest BCUT2D eigenvalue weighted by Crippen LogP contribution is -2.14. The summed E-state index contributed by atoms with van der Waals surface area (Å²) in [6, 6.07) is 51.2. The molecule has 0 aliphatic heterocycles. The molecular formula is C34H26O. The molecule has 168 valence electrons. The largest absolute Gasteiger partial charge is 0.356 e. The highest BCUT2D eigenvalue weighted by Gasteiger charge is 2.25. The van der Waals surface area contributed by atoms with E-state index in [-0.39, 0.29) is 12.2 Å². The molecule has 0 N–H and O–H groups in total. The number of rotatable bonds is 6. The molecule has 1 heteroatoms. The fraction of sp³-hybridized carbons (Fsp3) is 0.0588. The first-order valence-corrected chi connectivity index (χ1v) is 12.1. The maximum atomic E-state index is 7.21. The van der Waals surface area contributed by atoms with Crippen molar-refractivity contribution in [2.24, 2.45) is 0 Å². The molecule has 35 heavy (non-hydrogen) atoms. The minimum absolute atomic E-state index is 0.230. The molecule has 0 saturated carbocycles. The third-order valence-electron chi connectivity index (χ3n) is 6.69. The zero-order chi connectivity index (χ0) is 23.5. The summed E-state index contributed by atoms with van der Waals surface area (Å²) in [6.07, 6.45) is -0.460. The molecule has 6 rings (SSSR count). The summed E-state index contributed by atoms with van der Waals surface area (Å²) in [5.74, 6) is 0. The van der Waals surface area contributed by atoms with Gasteiger partial charge in [-0.25, -0.2) is 0 Å². The van der Waals surface area contributed by atoms with Gasteiger partial charge >= 0.3 is 0 Å². The number of ether oxygens (including phenoxy) is 1. The second-order valence-electron chi connectivity index (χ2n) is 8.85. The Morgan fingerprint density at radius 1 is 0.343 bits per heavy atom. The lowest BCUT2D eigenvalue weighted by atomic mass is 9.93. The van der Waals surface area contributed by atoms with E-state index in [4.69, 9.17) is 4.74 Å². The highest BCUT2D eigenvalue weighted by atomic mass is 16.5. The zero-order valence-electron chi connectivity index (χ0n) is 19.4. The number of benzene rings is 6. The first-order chi connectivity index (χ1) is 17.4. The van der Waals surface area contributed by atoms with Crippen LogP contribution in [0.4, 0.5) is 0 Å². The Bertz CT molecular complexity index is 1440. The van der Waals surface area contributed by atoms with Crippen LogP contribution in [0.2, 0.25) is 0 Å². The lowest BCUT2D eigenvalue weighted by Gasteiger charge is -2.28. The first-order valence-electron chi connectivity index (χ1n) is 12.1. The van der Waals surface area contributed by atoms with Gasteiger partial charge < -0.3 is 4.74 Å². The third-order valence-corrected chi connectivity index (χ3v) is 6.69. The van der Waals surface area contributed by atoms with E-state index in [2.05, 4.69) is 146 Å². The van der Waals surface area contributed by atoms with E-state index in [0.29, 0.717) is 0 Å². The summed E-state index contributed by atoms with van der Waals surface area (Å²) in [5, 5.41) is 4.87. The predicted molar refractivity (Wildman–Crippen MR) is 146 cm³/mol. The van der Waals surface area contributed by atoms with Crippen molar-refractivity contribution < 1.29 is 4.74 Å². The first kappa shape index (κ1) is 21.3. The van der Waals surface area contributed by atoms with Crippen LogP contribution in [0.25, 0.3) is 21.5 Å². The van der Waals surface area contributed by atoms with Crippen molar-refractivity contribution in [3.8, 4) is 0 Å². The van der Waals surface area contributed by atoms with E-state index in [1.807, 2.05) is 0 Å². The van der Waals surface area contributed by atoms with Gasteiger partial charge in [0.25, 0.3) is 0 Å². The molecule has 0 bridgehead atoms. The van der Waals surface area contributed by atoms with Gasteiger partial charge in [0.2, 0.25) is 0 Å². The molecule has 0 radical (unpaired) electrons. The molecule has 0 aliphatic carbocycles. The second kappa shape index (κ2) is 9.58. The maximum absolute atomic E-state index is 7.21. The van der Waals surface area contributed by atoms with Crippen LogP contribution in [0.5, 0.6) is 0 Å². The normalized spacial score (nSPS) is 13.0. The maximum Gasteiger partial charge on any atom is 0.109 e. The highest BCUT2D eigenvalue weighted by Crippen LogP contribution is 2.40. The quantitative estimate of drug-likeness (QED) is 0.246. The average Bonchev–Trinajstić information content (AvgIpc) is 2.94. The monoisotopic (exact) mass is 450 g/mol. The van der Waals surface area contributed by atoms with Gasteiger partial charge in [0.15, 0.2) is 0 Å². The Balaban J connectivity index is 1.56. The van der Waals surface area contributed by atoms with Gasteiger partial charge in [-0.15, -0.1) is 0 Å². The minimum atomic E-state index is -0.230. The minimum Gasteiger partial charge on any atom is -0.356 e. The molecule has 0 aliphatic rings. The summed E-state index contributed by atoms with van der Waals surface area (Å²) in [6.45, 7) is 0. The predicted octanol–water partition coefficient (Wildman–Crippen LogP) is 8.89. The molecule has 0 saturated heterocycles. The van der Waals surface area contributed by atoms with E-state index in [1.165, 1.54) is 32.7 Å². The Morgan fingerprint density at radius 3 is 1.17 bits per heavy atom. The van der Waals surface area contributed by atoms with Crippen LogP contribution < -0.4 is 0 Å². The SMILES string of the molecule is c1ccc(C(OC(c2ccccc2)c2cccc3ccccc23)c2cccc3ccccc23)cc1.